The number of nitrogens with zero attached hydrogens (tertiary/aromatic N) is 4. The molecule has 2 fully saturated rings. The number of carbonyl (C=O) groups is 1. The standard InChI is InChI=1S/C17H24N4O6S/c1-13-11-20(12-14(2)27-13)28(25,26)19-9-7-18(8-10-19)17(22)15-3-5-16(6-4-15)21(23)24/h3-6,13-14H,7-12H2,1-2H3. The van der Waals surface area contributed by atoms with Crippen molar-refractivity contribution in [3.05, 3.63) is 39.9 Å². The average Bonchev–Trinajstić information content (AvgIpc) is 2.67. The molecule has 1 aromatic carbocycles. The molecule has 0 aromatic heterocycles. The molecule has 28 heavy (non-hydrogen) atoms. The van der Waals surface area contributed by atoms with Crippen LogP contribution in [0.5, 0.6) is 0 Å². The van der Waals surface area contributed by atoms with Crippen molar-refractivity contribution in [1.29, 1.82) is 0 Å². The maximum Gasteiger partial charge on any atom is 0.282 e. The van der Waals surface area contributed by atoms with E-state index >= 15 is 0 Å². The van der Waals surface area contributed by atoms with Crippen LogP contribution in [0.15, 0.2) is 24.3 Å². The molecular weight excluding hydrogens is 388 g/mol. The largest absolute Gasteiger partial charge is 0.373 e. The van der Waals surface area contributed by atoms with Gasteiger partial charge in [0.05, 0.1) is 17.1 Å². The number of benzene rings is 1. The number of piperazine rings is 1. The van der Waals surface area contributed by atoms with E-state index in [2.05, 4.69) is 0 Å². The molecule has 0 bridgehead atoms. The van der Waals surface area contributed by atoms with Crippen molar-refractivity contribution in [3.8, 4) is 0 Å². The SMILES string of the molecule is CC1CN(S(=O)(=O)N2CCN(C(=O)c3ccc([N+](=O)[O-])cc3)CC2)CC(C)O1. The monoisotopic (exact) mass is 412 g/mol. The van der Waals surface area contributed by atoms with Gasteiger partial charge in [-0.3, -0.25) is 14.9 Å². The van der Waals surface area contributed by atoms with Crippen LogP contribution in [0.25, 0.3) is 0 Å². The number of hydrogen-bond acceptors (Lipinski definition) is 6. The van der Waals surface area contributed by atoms with Crippen LogP contribution in [-0.2, 0) is 14.9 Å². The molecule has 0 spiro atoms. The number of ether oxygens (including phenoxy) is 1. The highest BCUT2D eigenvalue weighted by Crippen LogP contribution is 2.20. The molecule has 10 nitrogen and oxygen atoms in total. The van der Waals surface area contributed by atoms with E-state index in [9.17, 15) is 23.3 Å². The molecule has 1 amide bonds. The summed E-state index contributed by atoms with van der Waals surface area (Å²) in [6.07, 6.45) is -0.327. The van der Waals surface area contributed by atoms with Gasteiger partial charge in [-0.15, -0.1) is 0 Å². The van der Waals surface area contributed by atoms with Crippen LogP contribution in [-0.4, -0.2) is 84.2 Å². The molecule has 2 aliphatic rings. The van der Waals surface area contributed by atoms with Gasteiger partial charge >= 0.3 is 0 Å². The second-order valence-corrected chi connectivity index (χ2v) is 9.01. The number of nitro groups is 1. The molecule has 0 radical (unpaired) electrons. The summed E-state index contributed by atoms with van der Waals surface area (Å²) < 4.78 is 34.3. The fourth-order valence-electron chi connectivity index (χ4n) is 3.51. The molecule has 3 rings (SSSR count). The van der Waals surface area contributed by atoms with Crippen LogP contribution in [0.2, 0.25) is 0 Å². The fourth-order valence-corrected chi connectivity index (χ4v) is 5.26. The van der Waals surface area contributed by atoms with E-state index in [0.717, 1.165) is 0 Å². The average molecular weight is 412 g/mol. The summed E-state index contributed by atoms with van der Waals surface area (Å²) in [6.45, 7) is 5.28. The molecule has 2 heterocycles. The molecule has 2 atom stereocenters. The van der Waals surface area contributed by atoms with Crippen LogP contribution >= 0.6 is 0 Å². The maximum absolute atomic E-state index is 12.9. The minimum absolute atomic E-state index is 0.0820. The lowest BCUT2D eigenvalue weighted by molar-refractivity contribution is -0.384. The van der Waals surface area contributed by atoms with Crippen molar-refractivity contribution < 1.29 is 22.9 Å². The third-order valence-electron chi connectivity index (χ3n) is 4.89. The first-order valence-electron chi connectivity index (χ1n) is 9.13. The highest BCUT2D eigenvalue weighted by molar-refractivity contribution is 7.86. The second-order valence-electron chi connectivity index (χ2n) is 7.08. The van der Waals surface area contributed by atoms with Crippen molar-refractivity contribution >= 4 is 21.8 Å². The first-order chi connectivity index (χ1) is 13.2. The Kier molecular flexibility index (Phi) is 5.98. The number of rotatable bonds is 4. The topological polar surface area (TPSA) is 113 Å². The third kappa shape index (κ3) is 4.32. The van der Waals surface area contributed by atoms with Crippen molar-refractivity contribution in [1.82, 2.24) is 13.5 Å². The van der Waals surface area contributed by atoms with Crippen molar-refractivity contribution in [2.75, 3.05) is 39.3 Å². The van der Waals surface area contributed by atoms with E-state index in [-0.39, 0.29) is 50.0 Å². The molecular formula is C17H24N4O6S. The van der Waals surface area contributed by atoms with Crippen molar-refractivity contribution in [3.63, 3.8) is 0 Å². The zero-order valence-corrected chi connectivity index (χ0v) is 16.7. The Morgan fingerprint density at radius 2 is 1.57 bits per heavy atom. The summed E-state index contributed by atoms with van der Waals surface area (Å²) in [4.78, 5) is 24.4. The Morgan fingerprint density at radius 3 is 2.07 bits per heavy atom. The minimum atomic E-state index is -3.61. The molecule has 2 aliphatic heterocycles. The minimum Gasteiger partial charge on any atom is -0.373 e. The summed E-state index contributed by atoms with van der Waals surface area (Å²) >= 11 is 0. The van der Waals surface area contributed by atoms with E-state index in [0.29, 0.717) is 18.7 Å². The van der Waals surface area contributed by atoms with Gasteiger partial charge in [0, 0.05) is 57.0 Å². The quantitative estimate of drug-likeness (QED) is 0.532. The molecule has 154 valence electrons. The van der Waals surface area contributed by atoms with Crippen molar-refractivity contribution in [2.24, 2.45) is 0 Å². The van der Waals surface area contributed by atoms with E-state index in [1.165, 1.54) is 32.9 Å². The Hall–Kier alpha value is -2.08. The second kappa shape index (κ2) is 8.11. The number of carbonyl (C=O) groups excluding carboxylic acids is 1. The lowest BCUT2D eigenvalue weighted by Crippen LogP contribution is -2.57. The Morgan fingerprint density at radius 1 is 1.04 bits per heavy atom. The van der Waals surface area contributed by atoms with Crippen molar-refractivity contribution in [2.45, 2.75) is 26.1 Å². The van der Waals surface area contributed by atoms with Crippen LogP contribution in [0.3, 0.4) is 0 Å². The van der Waals surface area contributed by atoms with Gasteiger partial charge in [-0.25, -0.2) is 0 Å². The number of morpholine rings is 1. The van der Waals surface area contributed by atoms with E-state index in [4.69, 9.17) is 4.74 Å². The summed E-state index contributed by atoms with van der Waals surface area (Å²) in [6, 6.07) is 5.41. The molecule has 11 heteroatoms. The highest BCUT2D eigenvalue weighted by Gasteiger charge is 2.37. The summed E-state index contributed by atoms with van der Waals surface area (Å²) in [5, 5.41) is 10.7. The lowest BCUT2D eigenvalue weighted by atomic mass is 10.1. The Balaban J connectivity index is 1.62. The number of amides is 1. The van der Waals surface area contributed by atoms with E-state index in [1.807, 2.05) is 13.8 Å². The smallest absolute Gasteiger partial charge is 0.282 e. The lowest BCUT2D eigenvalue weighted by Gasteiger charge is -2.40. The maximum atomic E-state index is 12.9. The van der Waals surface area contributed by atoms with Crippen LogP contribution in [0.1, 0.15) is 24.2 Å². The zero-order chi connectivity index (χ0) is 20.5. The van der Waals surface area contributed by atoms with Gasteiger partial charge in [0.1, 0.15) is 0 Å². The number of non-ortho nitro benzene ring substituents is 1. The summed E-state index contributed by atoms with van der Waals surface area (Å²) in [5.41, 5.74) is 0.263. The van der Waals surface area contributed by atoms with Crippen LogP contribution in [0.4, 0.5) is 5.69 Å². The molecule has 2 saturated heterocycles. The van der Waals surface area contributed by atoms with Crippen LogP contribution < -0.4 is 0 Å². The Labute approximate surface area is 164 Å². The third-order valence-corrected chi connectivity index (χ3v) is 6.86. The molecule has 1 aromatic rings. The van der Waals surface area contributed by atoms with Crippen LogP contribution in [0, 0.1) is 10.1 Å². The normalized spacial score (nSPS) is 24.9. The summed E-state index contributed by atoms with van der Waals surface area (Å²) in [7, 11) is -3.61. The predicted molar refractivity (Wildman–Crippen MR) is 101 cm³/mol. The van der Waals surface area contributed by atoms with Gasteiger partial charge in [0.15, 0.2) is 0 Å². The van der Waals surface area contributed by atoms with Gasteiger partial charge in [-0.1, -0.05) is 0 Å². The van der Waals surface area contributed by atoms with Gasteiger partial charge in [-0.2, -0.15) is 17.0 Å². The molecule has 0 N–H and O–H groups in total. The first-order valence-corrected chi connectivity index (χ1v) is 10.5. The molecule has 2 unspecified atom stereocenters. The van der Waals surface area contributed by atoms with Gasteiger partial charge in [0.2, 0.25) is 0 Å². The molecule has 0 saturated carbocycles. The highest BCUT2D eigenvalue weighted by atomic mass is 32.2. The van der Waals surface area contributed by atoms with Gasteiger partial charge < -0.3 is 9.64 Å². The number of nitro benzene ring substituents is 1. The van der Waals surface area contributed by atoms with Gasteiger partial charge in [0.25, 0.3) is 21.8 Å². The molecule has 0 aliphatic carbocycles. The first kappa shape index (κ1) is 20.6. The Bertz CT molecular complexity index is 826. The number of hydrogen-bond donors (Lipinski definition) is 0. The fraction of sp³-hybridized carbons (Fsp3) is 0.588. The zero-order valence-electron chi connectivity index (χ0n) is 15.9. The summed E-state index contributed by atoms with van der Waals surface area (Å²) in [5.74, 6) is -0.263. The predicted octanol–water partition coefficient (Wildman–Crippen LogP) is 0.707. The van der Waals surface area contributed by atoms with E-state index < -0.39 is 15.1 Å². The van der Waals surface area contributed by atoms with E-state index in [1.54, 1.807) is 4.90 Å². The van der Waals surface area contributed by atoms with Gasteiger partial charge in [-0.05, 0) is 26.0 Å².